The number of nitrogen functional groups attached to an aromatic ring is 1. The normalized spacial score (nSPS) is 18.9. The molecule has 1 aromatic carbocycles. The van der Waals surface area contributed by atoms with Crippen molar-refractivity contribution in [3.8, 4) is 0 Å². The number of para-hydroxylation sites is 2. The van der Waals surface area contributed by atoms with Gasteiger partial charge in [-0.15, -0.1) is 0 Å². The Balaban J connectivity index is 1.90. The maximum absolute atomic E-state index is 12.0. The lowest BCUT2D eigenvalue weighted by molar-refractivity contribution is 0.0293. The molecule has 2 rings (SSSR count). The SMILES string of the molecule is CC(C)(C)OC(=O)N1CC[C@@H](Nc2ccccc2N)C1. The third kappa shape index (κ3) is 3.79. The Morgan fingerprint density at radius 1 is 1.40 bits per heavy atom. The van der Waals surface area contributed by atoms with Crippen molar-refractivity contribution in [1.82, 2.24) is 4.90 Å². The maximum Gasteiger partial charge on any atom is 0.410 e. The number of ether oxygens (including phenoxy) is 1. The Kier molecular flexibility index (Phi) is 4.06. The van der Waals surface area contributed by atoms with Gasteiger partial charge >= 0.3 is 6.09 Å². The van der Waals surface area contributed by atoms with Gasteiger partial charge in [0.05, 0.1) is 11.4 Å². The van der Waals surface area contributed by atoms with Gasteiger partial charge in [0.2, 0.25) is 0 Å². The first kappa shape index (κ1) is 14.5. The van der Waals surface area contributed by atoms with Crippen LogP contribution in [0.1, 0.15) is 27.2 Å². The van der Waals surface area contributed by atoms with Gasteiger partial charge in [0, 0.05) is 19.1 Å². The number of nitrogens with one attached hydrogen (secondary N) is 1. The van der Waals surface area contributed by atoms with Crippen molar-refractivity contribution < 1.29 is 9.53 Å². The summed E-state index contributed by atoms with van der Waals surface area (Å²) in [6, 6.07) is 7.88. The second-order valence-corrected chi connectivity index (χ2v) is 6.14. The van der Waals surface area contributed by atoms with Gasteiger partial charge in [-0.2, -0.15) is 0 Å². The number of hydrogen-bond donors (Lipinski definition) is 2. The lowest BCUT2D eigenvalue weighted by Gasteiger charge is -2.24. The number of nitrogens with zero attached hydrogens (tertiary/aromatic N) is 1. The Hall–Kier alpha value is -1.91. The standard InChI is InChI=1S/C15H23N3O2/c1-15(2,3)20-14(19)18-9-8-11(10-18)17-13-7-5-4-6-12(13)16/h4-7,11,17H,8-10,16H2,1-3H3/t11-/m1/s1. The summed E-state index contributed by atoms with van der Waals surface area (Å²) < 4.78 is 5.38. The van der Waals surface area contributed by atoms with Crippen LogP contribution in [0.4, 0.5) is 16.2 Å². The second kappa shape index (κ2) is 5.61. The zero-order valence-electron chi connectivity index (χ0n) is 12.3. The van der Waals surface area contributed by atoms with E-state index in [9.17, 15) is 4.79 Å². The van der Waals surface area contributed by atoms with Crippen LogP contribution in [-0.4, -0.2) is 35.7 Å². The van der Waals surface area contributed by atoms with Crippen LogP contribution >= 0.6 is 0 Å². The molecule has 1 amide bonds. The van der Waals surface area contributed by atoms with Gasteiger partial charge in [0.15, 0.2) is 0 Å². The molecule has 1 aliphatic rings. The first-order valence-corrected chi connectivity index (χ1v) is 6.94. The van der Waals surface area contributed by atoms with E-state index in [0.717, 1.165) is 17.8 Å². The molecule has 5 nitrogen and oxygen atoms in total. The zero-order chi connectivity index (χ0) is 14.8. The molecule has 0 aromatic heterocycles. The van der Waals surface area contributed by atoms with Crippen LogP contribution < -0.4 is 11.1 Å². The molecule has 1 heterocycles. The summed E-state index contributed by atoms with van der Waals surface area (Å²) in [5.41, 5.74) is 7.10. The van der Waals surface area contributed by atoms with Gasteiger partial charge < -0.3 is 20.7 Å². The van der Waals surface area contributed by atoms with Gasteiger partial charge in [0.1, 0.15) is 5.60 Å². The molecule has 1 saturated heterocycles. The smallest absolute Gasteiger partial charge is 0.410 e. The molecular formula is C15H23N3O2. The Labute approximate surface area is 120 Å². The number of amides is 1. The first-order valence-electron chi connectivity index (χ1n) is 6.94. The fraction of sp³-hybridized carbons (Fsp3) is 0.533. The van der Waals surface area contributed by atoms with E-state index in [0.29, 0.717) is 13.1 Å². The lowest BCUT2D eigenvalue weighted by atomic mass is 10.2. The molecule has 0 spiro atoms. The average molecular weight is 277 g/mol. The minimum Gasteiger partial charge on any atom is -0.444 e. The fourth-order valence-corrected chi connectivity index (χ4v) is 2.22. The molecule has 0 aliphatic carbocycles. The number of carbonyl (C=O) groups is 1. The molecule has 1 atom stereocenters. The largest absolute Gasteiger partial charge is 0.444 e. The van der Waals surface area contributed by atoms with Crippen LogP contribution in [-0.2, 0) is 4.74 Å². The van der Waals surface area contributed by atoms with Gasteiger partial charge in [0.25, 0.3) is 0 Å². The highest BCUT2D eigenvalue weighted by Crippen LogP contribution is 2.22. The maximum atomic E-state index is 12.0. The number of nitrogens with two attached hydrogens (primary N) is 1. The van der Waals surface area contributed by atoms with E-state index < -0.39 is 5.60 Å². The fourth-order valence-electron chi connectivity index (χ4n) is 2.22. The van der Waals surface area contributed by atoms with Crippen LogP contribution in [0.15, 0.2) is 24.3 Å². The molecule has 0 unspecified atom stereocenters. The van der Waals surface area contributed by atoms with E-state index in [-0.39, 0.29) is 12.1 Å². The number of rotatable bonds is 2. The molecule has 1 aliphatic heterocycles. The Morgan fingerprint density at radius 3 is 2.75 bits per heavy atom. The van der Waals surface area contributed by atoms with Gasteiger partial charge in [-0.1, -0.05) is 12.1 Å². The van der Waals surface area contributed by atoms with Crippen LogP contribution in [0, 0.1) is 0 Å². The minimum atomic E-state index is -0.452. The number of hydrogen-bond acceptors (Lipinski definition) is 4. The highest BCUT2D eigenvalue weighted by molar-refractivity contribution is 5.69. The molecule has 20 heavy (non-hydrogen) atoms. The van der Waals surface area contributed by atoms with Crippen molar-refractivity contribution in [3.05, 3.63) is 24.3 Å². The molecule has 1 aromatic rings. The first-order chi connectivity index (χ1) is 9.35. The van der Waals surface area contributed by atoms with Gasteiger partial charge in [-0.05, 0) is 39.3 Å². The van der Waals surface area contributed by atoms with E-state index in [1.165, 1.54) is 0 Å². The quantitative estimate of drug-likeness (QED) is 0.816. The molecule has 0 radical (unpaired) electrons. The molecule has 3 N–H and O–H groups in total. The predicted octanol–water partition coefficient (Wildman–Crippen LogP) is 2.69. The van der Waals surface area contributed by atoms with Gasteiger partial charge in [-0.3, -0.25) is 0 Å². The van der Waals surface area contributed by atoms with E-state index in [4.69, 9.17) is 10.5 Å². The number of likely N-dealkylation sites (tertiary alicyclic amines) is 1. The summed E-state index contributed by atoms with van der Waals surface area (Å²) >= 11 is 0. The third-order valence-corrected chi connectivity index (χ3v) is 3.16. The van der Waals surface area contributed by atoms with Gasteiger partial charge in [-0.25, -0.2) is 4.79 Å². The number of carbonyl (C=O) groups excluding carboxylic acids is 1. The number of benzene rings is 1. The second-order valence-electron chi connectivity index (χ2n) is 6.14. The summed E-state index contributed by atoms with van der Waals surface area (Å²) in [4.78, 5) is 13.7. The average Bonchev–Trinajstić information content (AvgIpc) is 2.79. The summed E-state index contributed by atoms with van der Waals surface area (Å²) in [6.45, 7) is 6.98. The van der Waals surface area contributed by atoms with E-state index >= 15 is 0 Å². The minimum absolute atomic E-state index is 0.215. The van der Waals surface area contributed by atoms with Crippen molar-refractivity contribution in [2.24, 2.45) is 0 Å². The van der Waals surface area contributed by atoms with E-state index in [2.05, 4.69) is 5.32 Å². The predicted molar refractivity (Wildman–Crippen MR) is 80.7 cm³/mol. The van der Waals surface area contributed by atoms with Crippen molar-refractivity contribution >= 4 is 17.5 Å². The van der Waals surface area contributed by atoms with Crippen LogP contribution in [0.3, 0.4) is 0 Å². The summed E-state index contributed by atoms with van der Waals surface area (Å²) in [5.74, 6) is 0. The van der Waals surface area contributed by atoms with E-state index in [1.54, 1.807) is 4.90 Å². The molecule has 110 valence electrons. The van der Waals surface area contributed by atoms with Crippen molar-refractivity contribution in [1.29, 1.82) is 0 Å². The molecule has 1 fully saturated rings. The topological polar surface area (TPSA) is 67.6 Å². The summed E-state index contributed by atoms with van der Waals surface area (Å²) in [5, 5.41) is 3.38. The third-order valence-electron chi connectivity index (χ3n) is 3.16. The van der Waals surface area contributed by atoms with Crippen LogP contribution in [0.25, 0.3) is 0 Å². The van der Waals surface area contributed by atoms with Crippen molar-refractivity contribution in [2.45, 2.75) is 38.8 Å². The molecule has 5 heteroatoms. The molecule has 0 saturated carbocycles. The molecule has 0 bridgehead atoms. The summed E-state index contributed by atoms with van der Waals surface area (Å²) in [6.07, 6.45) is 0.649. The Bertz CT molecular complexity index is 482. The highest BCUT2D eigenvalue weighted by atomic mass is 16.6. The number of anilines is 2. The highest BCUT2D eigenvalue weighted by Gasteiger charge is 2.29. The van der Waals surface area contributed by atoms with Crippen LogP contribution in [0.2, 0.25) is 0 Å². The molecular weight excluding hydrogens is 254 g/mol. The summed E-state index contributed by atoms with van der Waals surface area (Å²) in [7, 11) is 0. The zero-order valence-corrected chi connectivity index (χ0v) is 12.3. The van der Waals surface area contributed by atoms with Crippen molar-refractivity contribution in [2.75, 3.05) is 24.1 Å². The Morgan fingerprint density at radius 2 is 2.10 bits per heavy atom. The van der Waals surface area contributed by atoms with E-state index in [1.807, 2.05) is 45.0 Å². The monoisotopic (exact) mass is 277 g/mol. The lowest BCUT2D eigenvalue weighted by Crippen LogP contribution is -2.36. The van der Waals surface area contributed by atoms with Crippen molar-refractivity contribution in [3.63, 3.8) is 0 Å². The van der Waals surface area contributed by atoms with Crippen LogP contribution in [0.5, 0.6) is 0 Å².